The van der Waals surface area contributed by atoms with Crippen molar-refractivity contribution in [1.82, 2.24) is 0 Å². The van der Waals surface area contributed by atoms with E-state index < -0.39 is 11.7 Å². The summed E-state index contributed by atoms with van der Waals surface area (Å²) in [5.74, 6) is 0.440. The third-order valence-electron chi connectivity index (χ3n) is 5.13. The Hall–Kier alpha value is -1.01. The number of halogens is 3. The van der Waals surface area contributed by atoms with Crippen molar-refractivity contribution < 1.29 is 22.5 Å². The van der Waals surface area contributed by atoms with Gasteiger partial charge in [0.25, 0.3) is 0 Å². The van der Waals surface area contributed by atoms with Gasteiger partial charge in [-0.3, -0.25) is 0 Å². The van der Waals surface area contributed by atoms with Gasteiger partial charge in [-0.1, -0.05) is 12.1 Å². The molecule has 0 N–H and O–H groups in total. The molecular weight excluding hydrogens is 292 g/mol. The van der Waals surface area contributed by atoms with Crippen LogP contribution in [-0.4, -0.2) is 18.3 Å². The molecule has 120 valence electrons. The zero-order chi connectivity index (χ0) is 16.3. The Bertz CT molecular complexity index is 550. The largest absolute Gasteiger partial charge is 0.461 e. The van der Waals surface area contributed by atoms with Crippen LogP contribution >= 0.6 is 0 Å². The van der Waals surface area contributed by atoms with Crippen LogP contribution in [0.3, 0.4) is 0 Å². The van der Waals surface area contributed by atoms with Gasteiger partial charge in [-0.25, -0.2) is 0 Å². The highest BCUT2D eigenvalue weighted by molar-refractivity contribution is 6.49. The average Bonchev–Trinajstić information content (AvgIpc) is 3.12. The molecule has 0 unspecified atom stereocenters. The Kier molecular flexibility index (Phi) is 3.42. The summed E-state index contributed by atoms with van der Waals surface area (Å²) in [6.45, 7) is 8.01. The molecule has 1 aliphatic carbocycles. The molecule has 0 aromatic heterocycles. The lowest BCUT2D eigenvalue weighted by molar-refractivity contribution is -0.137. The maximum absolute atomic E-state index is 12.6. The molecule has 1 saturated carbocycles. The van der Waals surface area contributed by atoms with Gasteiger partial charge in [-0.15, -0.1) is 0 Å². The fraction of sp³-hybridized carbons (Fsp3) is 0.625. The summed E-state index contributed by atoms with van der Waals surface area (Å²) >= 11 is 0. The van der Waals surface area contributed by atoms with Gasteiger partial charge in [-0.2, -0.15) is 13.2 Å². The predicted molar refractivity (Wildman–Crippen MR) is 78.6 cm³/mol. The van der Waals surface area contributed by atoms with Gasteiger partial charge >= 0.3 is 13.3 Å². The molecule has 0 spiro atoms. The monoisotopic (exact) mass is 312 g/mol. The minimum Gasteiger partial charge on any atom is -0.403 e. The van der Waals surface area contributed by atoms with E-state index in [1.165, 1.54) is 0 Å². The van der Waals surface area contributed by atoms with Crippen molar-refractivity contribution >= 4 is 7.12 Å². The second-order valence-electron chi connectivity index (χ2n) is 7.25. The zero-order valence-electron chi connectivity index (χ0n) is 13.2. The number of alkyl halides is 3. The van der Waals surface area contributed by atoms with Crippen LogP contribution in [-0.2, 0) is 15.5 Å². The molecule has 2 atom stereocenters. The lowest BCUT2D eigenvalue weighted by Gasteiger charge is -2.32. The third kappa shape index (κ3) is 2.67. The van der Waals surface area contributed by atoms with Crippen LogP contribution in [0.4, 0.5) is 13.2 Å². The average molecular weight is 312 g/mol. The van der Waals surface area contributed by atoms with Gasteiger partial charge in [0.15, 0.2) is 0 Å². The van der Waals surface area contributed by atoms with Gasteiger partial charge in [0.05, 0.1) is 16.8 Å². The van der Waals surface area contributed by atoms with E-state index in [-0.39, 0.29) is 30.1 Å². The first-order valence-electron chi connectivity index (χ1n) is 7.54. The minimum atomic E-state index is -4.28. The van der Waals surface area contributed by atoms with Gasteiger partial charge < -0.3 is 9.31 Å². The lowest BCUT2D eigenvalue weighted by atomic mass is 9.79. The van der Waals surface area contributed by atoms with E-state index in [1.807, 2.05) is 27.7 Å². The topological polar surface area (TPSA) is 18.5 Å². The van der Waals surface area contributed by atoms with Gasteiger partial charge in [0.2, 0.25) is 0 Å². The highest BCUT2D eigenvalue weighted by Crippen LogP contribution is 2.58. The summed E-state index contributed by atoms with van der Waals surface area (Å²) in [4.78, 5) is 0. The molecule has 1 aromatic carbocycles. The van der Waals surface area contributed by atoms with Crippen molar-refractivity contribution in [2.24, 2.45) is 0 Å². The zero-order valence-corrected chi connectivity index (χ0v) is 13.2. The van der Waals surface area contributed by atoms with Crippen molar-refractivity contribution in [3.8, 4) is 0 Å². The Morgan fingerprint density at radius 2 is 1.50 bits per heavy atom. The maximum Gasteiger partial charge on any atom is 0.461 e. The lowest BCUT2D eigenvalue weighted by Crippen LogP contribution is -2.41. The van der Waals surface area contributed by atoms with Crippen molar-refractivity contribution in [2.45, 2.75) is 63.2 Å². The first-order valence-corrected chi connectivity index (χ1v) is 7.54. The van der Waals surface area contributed by atoms with Gasteiger partial charge in [0.1, 0.15) is 0 Å². The van der Waals surface area contributed by atoms with Crippen LogP contribution in [0.25, 0.3) is 0 Å². The second kappa shape index (κ2) is 4.74. The summed E-state index contributed by atoms with van der Waals surface area (Å²) in [5.41, 5.74) is -0.424. The van der Waals surface area contributed by atoms with E-state index in [4.69, 9.17) is 9.31 Å². The number of rotatable bonds is 2. The summed E-state index contributed by atoms with van der Waals surface area (Å²) in [6, 6.07) is 5.43. The fourth-order valence-corrected chi connectivity index (χ4v) is 2.88. The molecule has 1 aliphatic heterocycles. The Morgan fingerprint density at radius 3 is 1.95 bits per heavy atom. The van der Waals surface area contributed by atoms with E-state index in [0.29, 0.717) is 0 Å². The van der Waals surface area contributed by atoms with Crippen molar-refractivity contribution in [2.75, 3.05) is 0 Å². The van der Waals surface area contributed by atoms with Gasteiger partial charge in [0, 0.05) is 5.82 Å². The Labute approximate surface area is 129 Å². The fourth-order valence-electron chi connectivity index (χ4n) is 2.88. The molecule has 0 bridgehead atoms. The molecule has 3 rings (SSSR count). The van der Waals surface area contributed by atoms with Crippen molar-refractivity contribution in [1.29, 1.82) is 0 Å². The molecule has 1 saturated heterocycles. The summed E-state index contributed by atoms with van der Waals surface area (Å²) in [7, 11) is -0.280. The Balaban J connectivity index is 1.68. The van der Waals surface area contributed by atoms with E-state index in [9.17, 15) is 13.2 Å². The molecule has 1 heterocycles. The highest BCUT2D eigenvalue weighted by Gasteiger charge is 2.59. The van der Waals surface area contributed by atoms with E-state index in [0.717, 1.165) is 24.1 Å². The van der Waals surface area contributed by atoms with Crippen LogP contribution in [0, 0.1) is 0 Å². The van der Waals surface area contributed by atoms with E-state index >= 15 is 0 Å². The second-order valence-corrected chi connectivity index (χ2v) is 7.25. The molecule has 1 aromatic rings. The molecule has 6 heteroatoms. The Morgan fingerprint density at radius 1 is 1.00 bits per heavy atom. The predicted octanol–water partition coefficient (Wildman–Crippen LogP) is 4.66. The quantitative estimate of drug-likeness (QED) is 0.740. The summed E-state index contributed by atoms with van der Waals surface area (Å²) < 4.78 is 49.8. The minimum absolute atomic E-state index is 0.219. The number of benzene rings is 1. The molecule has 0 radical (unpaired) electrons. The van der Waals surface area contributed by atoms with Crippen LogP contribution in [0.5, 0.6) is 0 Å². The molecule has 2 nitrogen and oxygen atoms in total. The van der Waals surface area contributed by atoms with E-state index in [1.54, 1.807) is 12.1 Å². The molecular formula is C16H20BF3O2. The number of hydrogen-bond donors (Lipinski definition) is 0. The molecule has 2 fully saturated rings. The van der Waals surface area contributed by atoms with Crippen molar-refractivity contribution in [3.63, 3.8) is 0 Å². The standard InChI is InChI=1S/C16H20BF3O2/c1-14(2)15(3,4)22-17(21-14)13-9-12(13)10-5-7-11(8-6-10)16(18,19)20/h5-8,12-13H,9H2,1-4H3/t12-,13+/m1/s1. The SMILES string of the molecule is CC1(C)OB([C@H]2C[C@@H]2c2ccc(C(F)(F)F)cc2)OC1(C)C. The first kappa shape index (κ1) is 15.9. The summed E-state index contributed by atoms with van der Waals surface area (Å²) in [5, 5.41) is 0. The van der Waals surface area contributed by atoms with Crippen molar-refractivity contribution in [3.05, 3.63) is 35.4 Å². The van der Waals surface area contributed by atoms with Crippen LogP contribution in [0.15, 0.2) is 24.3 Å². The third-order valence-corrected chi connectivity index (χ3v) is 5.13. The van der Waals surface area contributed by atoms with Crippen LogP contribution in [0.2, 0.25) is 5.82 Å². The molecule has 0 amide bonds. The highest BCUT2D eigenvalue weighted by atomic mass is 19.4. The smallest absolute Gasteiger partial charge is 0.403 e. The molecule has 2 aliphatic rings. The van der Waals surface area contributed by atoms with Gasteiger partial charge in [-0.05, 0) is 57.7 Å². The summed E-state index contributed by atoms with van der Waals surface area (Å²) in [6.07, 6.45) is -3.39. The maximum atomic E-state index is 12.6. The van der Waals surface area contributed by atoms with E-state index in [2.05, 4.69) is 0 Å². The van der Waals surface area contributed by atoms with Crippen LogP contribution in [0.1, 0.15) is 51.2 Å². The first-order chi connectivity index (χ1) is 10.0. The number of hydrogen-bond acceptors (Lipinski definition) is 2. The normalized spacial score (nSPS) is 29.7. The van der Waals surface area contributed by atoms with Crippen LogP contribution < -0.4 is 0 Å². The molecule has 22 heavy (non-hydrogen) atoms.